The molecular weight excluding hydrogens is 415 g/mol. The predicted octanol–water partition coefficient (Wildman–Crippen LogP) is 6.88. The van der Waals surface area contributed by atoms with Gasteiger partial charge in [0.2, 0.25) is 0 Å². The number of rotatable bonds is 11. The van der Waals surface area contributed by atoms with Crippen LogP contribution in [0.1, 0.15) is 73.5 Å². The van der Waals surface area contributed by atoms with Gasteiger partial charge in [-0.25, -0.2) is 0 Å². The van der Waals surface area contributed by atoms with Crippen LogP contribution in [0.15, 0.2) is 48.0 Å². The number of hydrogen-bond acceptors (Lipinski definition) is 4. The number of benzene rings is 1. The number of allylic oxidation sites excluding steroid dienone is 2. The monoisotopic (exact) mass is 458 g/mol. The third-order valence-corrected chi connectivity index (χ3v) is 12.9. The minimum atomic E-state index is -1.88. The minimum absolute atomic E-state index is 0.198. The van der Waals surface area contributed by atoms with Crippen molar-refractivity contribution in [2.75, 3.05) is 13.2 Å². The summed E-state index contributed by atoms with van der Waals surface area (Å²) in [6.45, 7) is 23.1. The molecule has 0 saturated carbocycles. The zero-order valence-corrected chi connectivity index (χ0v) is 22.4. The summed E-state index contributed by atoms with van der Waals surface area (Å²) in [5, 5.41) is 10.5. The summed E-state index contributed by atoms with van der Waals surface area (Å²) in [5.74, 6) is 1.08. The highest BCUT2D eigenvalue weighted by atomic mass is 28.4. The Kier molecular flexibility index (Phi) is 9.83. The lowest BCUT2D eigenvalue weighted by atomic mass is 9.69. The van der Waals surface area contributed by atoms with Crippen LogP contribution in [-0.4, -0.2) is 33.7 Å². The molecular formula is C26H43BO4Si. The normalized spacial score (nSPS) is 17.5. The van der Waals surface area contributed by atoms with Crippen LogP contribution in [0.4, 0.5) is 0 Å². The van der Waals surface area contributed by atoms with Gasteiger partial charge < -0.3 is 18.8 Å². The molecule has 2 rings (SSSR count). The van der Waals surface area contributed by atoms with E-state index in [2.05, 4.69) is 68.0 Å². The van der Waals surface area contributed by atoms with Crippen molar-refractivity contribution < 1.29 is 18.8 Å². The first kappa shape index (κ1) is 26.9. The molecule has 178 valence electrons. The lowest BCUT2D eigenvalue weighted by molar-refractivity contribution is 0.167. The Morgan fingerprint density at radius 2 is 1.72 bits per heavy atom. The molecule has 32 heavy (non-hydrogen) atoms. The van der Waals surface area contributed by atoms with Crippen LogP contribution in [0, 0.1) is 5.92 Å². The lowest BCUT2D eigenvalue weighted by Gasteiger charge is -2.42. The third-order valence-electron chi connectivity index (χ3n) is 6.82. The molecule has 0 saturated heterocycles. The van der Waals surface area contributed by atoms with Gasteiger partial charge in [-0.2, -0.15) is 0 Å². The Balaban J connectivity index is 1.99. The van der Waals surface area contributed by atoms with Crippen molar-refractivity contribution in [3.63, 3.8) is 0 Å². The van der Waals surface area contributed by atoms with Crippen LogP contribution in [-0.2, 0) is 9.08 Å². The molecule has 6 heteroatoms. The van der Waals surface area contributed by atoms with E-state index in [9.17, 15) is 5.02 Å². The fraction of sp³-hybridized carbons (Fsp3) is 0.615. The van der Waals surface area contributed by atoms with E-state index >= 15 is 0 Å². The first-order valence-corrected chi connectivity index (χ1v) is 14.2. The molecule has 1 unspecified atom stereocenters. The third kappa shape index (κ3) is 6.16. The SMILES string of the molecule is C=C(C1=CCC(c2cccc(OCCO[Si](C(C)C)(C(C)C)C(C)C)c2)OB1O)C(C)C. The molecule has 0 spiro atoms. The maximum atomic E-state index is 10.5. The molecule has 1 N–H and O–H groups in total. The summed E-state index contributed by atoms with van der Waals surface area (Å²) in [4.78, 5) is 0. The van der Waals surface area contributed by atoms with Gasteiger partial charge in [-0.15, -0.1) is 0 Å². The average Bonchev–Trinajstić information content (AvgIpc) is 2.72. The summed E-state index contributed by atoms with van der Waals surface area (Å²) in [6, 6.07) is 7.96. The summed E-state index contributed by atoms with van der Waals surface area (Å²) in [5.41, 5.74) is 4.41. The molecule has 1 aromatic carbocycles. The summed E-state index contributed by atoms with van der Waals surface area (Å²) in [6.07, 6.45) is 2.56. The Morgan fingerprint density at radius 3 is 2.25 bits per heavy atom. The van der Waals surface area contributed by atoms with E-state index in [4.69, 9.17) is 13.8 Å². The van der Waals surface area contributed by atoms with Crippen molar-refractivity contribution in [2.24, 2.45) is 5.92 Å². The van der Waals surface area contributed by atoms with Crippen molar-refractivity contribution in [1.29, 1.82) is 0 Å². The molecule has 0 aliphatic carbocycles. The Bertz CT molecular complexity index is 766. The van der Waals surface area contributed by atoms with Gasteiger partial charge in [-0.1, -0.05) is 85.8 Å². The van der Waals surface area contributed by atoms with Gasteiger partial charge in [0, 0.05) is 0 Å². The average molecular weight is 459 g/mol. The molecule has 1 aliphatic rings. The second-order valence-corrected chi connectivity index (χ2v) is 15.6. The molecule has 4 nitrogen and oxygen atoms in total. The van der Waals surface area contributed by atoms with Gasteiger partial charge in [0.25, 0.3) is 0 Å². The highest BCUT2D eigenvalue weighted by Crippen LogP contribution is 2.42. The van der Waals surface area contributed by atoms with Gasteiger partial charge >= 0.3 is 7.12 Å². The second-order valence-electron chi connectivity index (χ2n) is 10.1. The second kappa shape index (κ2) is 11.7. The predicted molar refractivity (Wildman–Crippen MR) is 137 cm³/mol. The molecule has 1 aliphatic heterocycles. The number of ether oxygens (including phenoxy) is 1. The van der Waals surface area contributed by atoms with Crippen LogP contribution >= 0.6 is 0 Å². The smallest absolute Gasteiger partial charge is 0.491 e. The molecule has 0 bridgehead atoms. The van der Waals surface area contributed by atoms with E-state index < -0.39 is 15.4 Å². The largest absolute Gasteiger partial charge is 0.491 e. The summed E-state index contributed by atoms with van der Waals surface area (Å²) in [7, 11) is -2.82. The van der Waals surface area contributed by atoms with Crippen molar-refractivity contribution in [3.8, 4) is 5.75 Å². The Labute approximate surface area is 197 Å². The molecule has 0 fully saturated rings. The molecule has 0 amide bonds. The van der Waals surface area contributed by atoms with E-state index in [1.54, 1.807) is 0 Å². The van der Waals surface area contributed by atoms with Crippen LogP contribution in [0.3, 0.4) is 0 Å². The first-order valence-electron chi connectivity index (χ1n) is 12.1. The van der Waals surface area contributed by atoms with Gasteiger partial charge in [0.15, 0.2) is 8.32 Å². The van der Waals surface area contributed by atoms with Gasteiger partial charge in [0.1, 0.15) is 12.4 Å². The van der Waals surface area contributed by atoms with Gasteiger partial charge in [-0.05, 0) is 52.1 Å². The Morgan fingerprint density at radius 1 is 1.09 bits per heavy atom. The van der Waals surface area contributed by atoms with E-state index in [1.165, 1.54) is 0 Å². The standard InChI is InChI=1S/C26H43BO4Si/c1-18(2)22(9)25-13-14-26(31-27(25)28)23-11-10-12-24(17-23)29-15-16-30-32(19(3)4,20(5)6)21(7)8/h10-13,17-21,26,28H,9,14-16H2,1-8H3. The highest BCUT2D eigenvalue weighted by molar-refractivity contribution is 6.77. The van der Waals surface area contributed by atoms with Crippen molar-refractivity contribution in [1.82, 2.24) is 0 Å². The molecule has 0 aromatic heterocycles. The Hall–Kier alpha value is -1.34. The van der Waals surface area contributed by atoms with E-state index in [1.807, 2.05) is 24.3 Å². The van der Waals surface area contributed by atoms with Crippen molar-refractivity contribution in [2.45, 2.75) is 84.5 Å². The molecule has 1 heterocycles. The van der Waals surface area contributed by atoms with Gasteiger partial charge in [0.05, 0.1) is 12.7 Å². The first-order chi connectivity index (χ1) is 15.0. The maximum absolute atomic E-state index is 10.5. The minimum Gasteiger partial charge on any atom is -0.491 e. The van der Waals surface area contributed by atoms with Crippen molar-refractivity contribution in [3.05, 3.63) is 53.5 Å². The maximum Gasteiger partial charge on any atom is 0.491 e. The fourth-order valence-electron chi connectivity index (χ4n) is 5.14. The van der Waals surface area contributed by atoms with E-state index in [0.29, 0.717) is 36.3 Å². The molecule has 0 radical (unpaired) electrons. The van der Waals surface area contributed by atoms with Crippen LogP contribution in [0.2, 0.25) is 16.6 Å². The lowest BCUT2D eigenvalue weighted by Crippen LogP contribution is -2.48. The summed E-state index contributed by atoms with van der Waals surface area (Å²) >= 11 is 0. The van der Waals surface area contributed by atoms with Crippen LogP contribution in [0.5, 0.6) is 5.75 Å². The fourth-order valence-corrected chi connectivity index (χ4v) is 10.6. The van der Waals surface area contributed by atoms with E-state index in [-0.39, 0.29) is 12.0 Å². The highest BCUT2D eigenvalue weighted by Gasteiger charge is 2.44. The van der Waals surface area contributed by atoms with Gasteiger partial charge in [-0.3, -0.25) is 0 Å². The zero-order valence-electron chi connectivity index (χ0n) is 21.4. The van der Waals surface area contributed by atoms with E-state index in [0.717, 1.165) is 22.4 Å². The van der Waals surface area contributed by atoms with Crippen LogP contribution < -0.4 is 4.74 Å². The molecule has 1 atom stereocenters. The molecule has 1 aromatic rings. The zero-order chi connectivity index (χ0) is 24.1. The van der Waals surface area contributed by atoms with Crippen molar-refractivity contribution >= 4 is 15.4 Å². The topological polar surface area (TPSA) is 47.9 Å². The summed E-state index contributed by atoms with van der Waals surface area (Å²) < 4.78 is 18.5. The number of hydrogen-bond donors (Lipinski definition) is 1. The quantitative estimate of drug-likeness (QED) is 0.290. The van der Waals surface area contributed by atoms with Crippen LogP contribution in [0.25, 0.3) is 0 Å².